The minimum Gasteiger partial charge on any atom is -0.314 e. The van der Waals surface area contributed by atoms with E-state index in [0.717, 1.165) is 12.0 Å². The Morgan fingerprint density at radius 2 is 1.61 bits per heavy atom. The van der Waals surface area contributed by atoms with Crippen molar-refractivity contribution in [3.8, 4) is 0 Å². The second kappa shape index (κ2) is 8.19. The highest BCUT2D eigenvalue weighted by atomic mass is 14.9. The summed E-state index contributed by atoms with van der Waals surface area (Å²) in [6, 6.07) is 0.815. The lowest BCUT2D eigenvalue weighted by Crippen LogP contribution is -2.37. The van der Waals surface area contributed by atoms with Crippen molar-refractivity contribution >= 4 is 0 Å². The summed E-state index contributed by atoms with van der Waals surface area (Å²) in [6.45, 7) is 10.8. The van der Waals surface area contributed by atoms with E-state index in [1.807, 2.05) is 0 Å². The van der Waals surface area contributed by atoms with E-state index >= 15 is 0 Å². The molecule has 0 aromatic heterocycles. The van der Waals surface area contributed by atoms with Gasteiger partial charge in [0.1, 0.15) is 0 Å². The first kappa shape index (κ1) is 16.0. The molecule has 18 heavy (non-hydrogen) atoms. The molecule has 0 unspecified atom stereocenters. The molecule has 0 aromatic carbocycles. The van der Waals surface area contributed by atoms with E-state index in [1.165, 1.54) is 64.3 Å². The van der Waals surface area contributed by atoms with Gasteiger partial charge in [0.2, 0.25) is 0 Å². The molecule has 1 N–H and O–H groups in total. The summed E-state index contributed by atoms with van der Waals surface area (Å²) in [5.41, 5.74) is 0.562. The molecule has 1 rings (SSSR count). The molecule has 0 amide bonds. The SMILES string of the molecule is CCCCCCNC1CCC(C(C)(C)CC)CC1. The Hall–Kier alpha value is -0.0400. The number of hydrogen-bond donors (Lipinski definition) is 1. The maximum Gasteiger partial charge on any atom is 0.00672 e. The van der Waals surface area contributed by atoms with Crippen LogP contribution in [0.15, 0.2) is 0 Å². The van der Waals surface area contributed by atoms with Gasteiger partial charge in [-0.15, -0.1) is 0 Å². The highest BCUT2D eigenvalue weighted by Crippen LogP contribution is 2.40. The zero-order chi connectivity index (χ0) is 13.4. The molecule has 0 bridgehead atoms. The fourth-order valence-corrected chi connectivity index (χ4v) is 3.23. The van der Waals surface area contributed by atoms with Gasteiger partial charge in [0.05, 0.1) is 0 Å². The van der Waals surface area contributed by atoms with E-state index in [4.69, 9.17) is 0 Å². The first-order valence-corrected chi connectivity index (χ1v) is 8.33. The van der Waals surface area contributed by atoms with E-state index in [-0.39, 0.29) is 0 Å². The van der Waals surface area contributed by atoms with Gasteiger partial charge in [0.15, 0.2) is 0 Å². The maximum atomic E-state index is 3.77. The van der Waals surface area contributed by atoms with E-state index in [0.29, 0.717) is 5.41 Å². The summed E-state index contributed by atoms with van der Waals surface area (Å²) in [7, 11) is 0. The average Bonchev–Trinajstić information content (AvgIpc) is 2.39. The van der Waals surface area contributed by atoms with Crippen molar-refractivity contribution in [2.75, 3.05) is 6.54 Å². The summed E-state index contributed by atoms with van der Waals surface area (Å²) in [6.07, 6.45) is 12.5. The largest absolute Gasteiger partial charge is 0.314 e. The van der Waals surface area contributed by atoms with Gasteiger partial charge in [-0.1, -0.05) is 53.4 Å². The molecule has 1 aliphatic carbocycles. The summed E-state index contributed by atoms with van der Waals surface area (Å²) >= 11 is 0. The summed E-state index contributed by atoms with van der Waals surface area (Å²) in [5, 5.41) is 3.77. The Morgan fingerprint density at radius 1 is 0.944 bits per heavy atom. The van der Waals surface area contributed by atoms with Gasteiger partial charge >= 0.3 is 0 Å². The zero-order valence-corrected chi connectivity index (χ0v) is 13.2. The van der Waals surface area contributed by atoms with Crippen LogP contribution in [0.4, 0.5) is 0 Å². The highest BCUT2D eigenvalue weighted by molar-refractivity contribution is 4.84. The molecule has 0 heterocycles. The molecular formula is C17H35N. The van der Waals surface area contributed by atoms with Gasteiger partial charge in [-0.05, 0) is 50.0 Å². The average molecular weight is 253 g/mol. The van der Waals surface area contributed by atoms with Crippen LogP contribution in [0.2, 0.25) is 0 Å². The molecule has 1 aliphatic rings. The minimum atomic E-state index is 0.562. The third-order valence-corrected chi connectivity index (χ3v) is 5.21. The van der Waals surface area contributed by atoms with Crippen molar-refractivity contribution in [3.05, 3.63) is 0 Å². The quantitative estimate of drug-likeness (QED) is 0.590. The van der Waals surface area contributed by atoms with Crippen LogP contribution >= 0.6 is 0 Å². The molecule has 0 spiro atoms. The van der Waals surface area contributed by atoms with E-state index in [1.54, 1.807) is 0 Å². The third-order valence-electron chi connectivity index (χ3n) is 5.21. The molecule has 0 aromatic rings. The van der Waals surface area contributed by atoms with Gasteiger partial charge in [0.25, 0.3) is 0 Å². The summed E-state index contributed by atoms with van der Waals surface area (Å²) in [5.74, 6) is 0.959. The monoisotopic (exact) mass is 253 g/mol. The molecule has 0 atom stereocenters. The lowest BCUT2D eigenvalue weighted by Gasteiger charge is -2.39. The van der Waals surface area contributed by atoms with Crippen LogP contribution in [-0.4, -0.2) is 12.6 Å². The molecule has 0 aliphatic heterocycles. The van der Waals surface area contributed by atoms with E-state index in [2.05, 4.69) is 33.0 Å². The normalized spacial score (nSPS) is 25.3. The Bertz CT molecular complexity index is 202. The van der Waals surface area contributed by atoms with Gasteiger partial charge in [0, 0.05) is 6.04 Å². The van der Waals surface area contributed by atoms with Crippen LogP contribution in [-0.2, 0) is 0 Å². The van der Waals surface area contributed by atoms with Crippen molar-refractivity contribution in [3.63, 3.8) is 0 Å². The van der Waals surface area contributed by atoms with Crippen LogP contribution in [0.3, 0.4) is 0 Å². The first-order chi connectivity index (χ1) is 8.60. The highest BCUT2D eigenvalue weighted by Gasteiger charge is 2.31. The van der Waals surface area contributed by atoms with Crippen LogP contribution in [0.5, 0.6) is 0 Å². The fourth-order valence-electron chi connectivity index (χ4n) is 3.23. The van der Waals surface area contributed by atoms with Crippen molar-refractivity contribution in [1.82, 2.24) is 5.32 Å². The topological polar surface area (TPSA) is 12.0 Å². The summed E-state index contributed by atoms with van der Waals surface area (Å²) < 4.78 is 0. The Morgan fingerprint density at radius 3 is 2.17 bits per heavy atom. The maximum absolute atomic E-state index is 3.77. The smallest absolute Gasteiger partial charge is 0.00672 e. The Kier molecular flexibility index (Phi) is 7.29. The fraction of sp³-hybridized carbons (Fsp3) is 1.00. The second-order valence-electron chi connectivity index (χ2n) is 6.91. The van der Waals surface area contributed by atoms with E-state index in [9.17, 15) is 0 Å². The van der Waals surface area contributed by atoms with Crippen LogP contribution < -0.4 is 5.32 Å². The molecule has 0 radical (unpaired) electrons. The molecular weight excluding hydrogens is 218 g/mol. The molecule has 108 valence electrons. The third kappa shape index (κ3) is 5.30. The van der Waals surface area contributed by atoms with Crippen LogP contribution in [0.25, 0.3) is 0 Å². The number of hydrogen-bond acceptors (Lipinski definition) is 1. The molecule has 1 saturated carbocycles. The van der Waals surface area contributed by atoms with Gasteiger partial charge in [-0.3, -0.25) is 0 Å². The lowest BCUT2D eigenvalue weighted by atomic mass is 9.69. The number of rotatable bonds is 8. The second-order valence-corrected chi connectivity index (χ2v) is 6.91. The predicted molar refractivity (Wildman–Crippen MR) is 82.0 cm³/mol. The Balaban J connectivity index is 2.12. The molecule has 1 nitrogen and oxygen atoms in total. The molecule has 1 heteroatoms. The standard InChI is InChI=1S/C17H35N/c1-5-7-8-9-14-18-16-12-10-15(11-13-16)17(3,4)6-2/h15-16,18H,5-14H2,1-4H3. The minimum absolute atomic E-state index is 0.562. The zero-order valence-electron chi connectivity index (χ0n) is 13.2. The lowest BCUT2D eigenvalue weighted by molar-refractivity contribution is 0.137. The Labute approximate surface area is 115 Å². The van der Waals surface area contributed by atoms with Crippen LogP contribution in [0, 0.1) is 11.3 Å². The van der Waals surface area contributed by atoms with E-state index < -0.39 is 0 Å². The van der Waals surface area contributed by atoms with Crippen molar-refractivity contribution in [2.45, 2.75) is 91.5 Å². The number of nitrogens with one attached hydrogen (secondary N) is 1. The first-order valence-electron chi connectivity index (χ1n) is 8.33. The van der Waals surface area contributed by atoms with Crippen LogP contribution in [0.1, 0.15) is 85.5 Å². The number of unbranched alkanes of at least 4 members (excludes halogenated alkanes) is 3. The molecule has 0 saturated heterocycles. The molecule has 1 fully saturated rings. The van der Waals surface area contributed by atoms with Gasteiger partial charge in [-0.2, -0.15) is 0 Å². The van der Waals surface area contributed by atoms with Crippen molar-refractivity contribution in [1.29, 1.82) is 0 Å². The van der Waals surface area contributed by atoms with Crippen molar-refractivity contribution < 1.29 is 0 Å². The van der Waals surface area contributed by atoms with Gasteiger partial charge in [-0.25, -0.2) is 0 Å². The van der Waals surface area contributed by atoms with Crippen molar-refractivity contribution in [2.24, 2.45) is 11.3 Å². The summed E-state index contributed by atoms with van der Waals surface area (Å²) in [4.78, 5) is 0. The predicted octanol–water partition coefficient (Wildman–Crippen LogP) is 5.15. The van der Waals surface area contributed by atoms with Gasteiger partial charge < -0.3 is 5.32 Å².